The van der Waals surface area contributed by atoms with E-state index in [4.69, 9.17) is 9.84 Å². The van der Waals surface area contributed by atoms with Crippen LogP contribution in [0.3, 0.4) is 0 Å². The molecule has 1 aliphatic carbocycles. The van der Waals surface area contributed by atoms with Crippen LogP contribution in [0.25, 0.3) is 11.1 Å². The van der Waals surface area contributed by atoms with Gasteiger partial charge in [0, 0.05) is 17.3 Å². The van der Waals surface area contributed by atoms with E-state index in [9.17, 15) is 14.4 Å². The maximum Gasteiger partial charge on any atom is 0.407 e. The number of hydrogen-bond acceptors (Lipinski definition) is 6. The molecule has 2 amide bonds. The van der Waals surface area contributed by atoms with Gasteiger partial charge in [-0.15, -0.1) is 11.3 Å². The summed E-state index contributed by atoms with van der Waals surface area (Å²) in [7, 11) is 0. The zero-order valence-corrected chi connectivity index (χ0v) is 20.5. The van der Waals surface area contributed by atoms with Gasteiger partial charge in [0.05, 0.1) is 12.0 Å². The number of nitrogens with one attached hydrogen (secondary N) is 2. The van der Waals surface area contributed by atoms with Crippen molar-refractivity contribution in [3.63, 3.8) is 0 Å². The summed E-state index contributed by atoms with van der Waals surface area (Å²) in [6.45, 7) is 5.38. The molecule has 3 N–H and O–H groups in total. The number of carboxylic acids is 1. The molecule has 1 aliphatic rings. The van der Waals surface area contributed by atoms with Crippen LogP contribution < -0.4 is 10.6 Å². The minimum atomic E-state index is -1.11. The van der Waals surface area contributed by atoms with Gasteiger partial charge in [-0.1, -0.05) is 55.5 Å². The van der Waals surface area contributed by atoms with Crippen molar-refractivity contribution in [3.05, 3.63) is 75.7 Å². The topological polar surface area (TPSA) is 118 Å². The van der Waals surface area contributed by atoms with Crippen molar-refractivity contribution in [1.82, 2.24) is 15.6 Å². The largest absolute Gasteiger partial charge is 0.476 e. The molecule has 0 radical (unpaired) electrons. The monoisotopic (exact) mass is 493 g/mol. The third-order valence-corrected chi connectivity index (χ3v) is 7.35. The van der Waals surface area contributed by atoms with Crippen LogP contribution in [0, 0.1) is 5.92 Å². The first-order valence-electron chi connectivity index (χ1n) is 11.4. The van der Waals surface area contributed by atoms with Crippen LogP contribution in [0.2, 0.25) is 0 Å². The number of carbonyl (C=O) groups is 3. The molecule has 9 heteroatoms. The normalized spacial score (nSPS) is 14.8. The lowest BCUT2D eigenvalue weighted by Crippen LogP contribution is -2.44. The average molecular weight is 494 g/mol. The van der Waals surface area contributed by atoms with Crippen LogP contribution >= 0.6 is 11.3 Å². The molecule has 1 heterocycles. The molecule has 0 saturated carbocycles. The Morgan fingerprint density at radius 2 is 1.60 bits per heavy atom. The second-order valence-corrected chi connectivity index (χ2v) is 9.54. The van der Waals surface area contributed by atoms with Crippen LogP contribution in [0.5, 0.6) is 0 Å². The average Bonchev–Trinajstić information content (AvgIpc) is 3.46. The maximum atomic E-state index is 12.7. The molecule has 3 unspecified atom stereocenters. The predicted molar refractivity (Wildman–Crippen MR) is 132 cm³/mol. The molecule has 0 bridgehead atoms. The van der Waals surface area contributed by atoms with E-state index in [1.54, 1.807) is 20.8 Å². The van der Waals surface area contributed by atoms with Gasteiger partial charge in [0.1, 0.15) is 11.6 Å². The highest BCUT2D eigenvalue weighted by Gasteiger charge is 2.30. The number of carboxylic acid groups (broad SMARTS) is 1. The lowest BCUT2D eigenvalue weighted by Gasteiger charge is -2.23. The van der Waals surface area contributed by atoms with Gasteiger partial charge in [-0.3, -0.25) is 4.79 Å². The Balaban J connectivity index is 1.31. The van der Waals surface area contributed by atoms with E-state index >= 15 is 0 Å². The summed E-state index contributed by atoms with van der Waals surface area (Å²) < 4.78 is 5.57. The number of aromatic carboxylic acids is 1. The van der Waals surface area contributed by atoms with E-state index in [0.717, 1.165) is 22.3 Å². The summed E-state index contributed by atoms with van der Waals surface area (Å²) in [4.78, 5) is 40.3. The highest BCUT2D eigenvalue weighted by atomic mass is 32.1. The van der Waals surface area contributed by atoms with Crippen LogP contribution in [-0.2, 0) is 9.53 Å². The molecular formula is C26H27N3O5S. The number of nitrogens with zero attached hydrogens (tertiary/aromatic N) is 1. The van der Waals surface area contributed by atoms with Crippen LogP contribution in [0.4, 0.5) is 4.79 Å². The fourth-order valence-electron chi connectivity index (χ4n) is 4.17. The number of thiazole rings is 1. The van der Waals surface area contributed by atoms with Gasteiger partial charge in [0.25, 0.3) is 0 Å². The van der Waals surface area contributed by atoms with E-state index in [0.29, 0.717) is 5.01 Å². The summed E-state index contributed by atoms with van der Waals surface area (Å²) in [6.07, 6.45) is -0.585. The van der Waals surface area contributed by atoms with Gasteiger partial charge in [0.2, 0.25) is 5.91 Å². The predicted octanol–water partition coefficient (Wildman–Crippen LogP) is 4.58. The van der Waals surface area contributed by atoms with E-state index in [1.807, 2.05) is 24.3 Å². The molecule has 8 nitrogen and oxygen atoms in total. The lowest BCUT2D eigenvalue weighted by atomic mass is 9.98. The molecule has 2 aromatic carbocycles. The molecule has 4 rings (SSSR count). The first-order valence-corrected chi connectivity index (χ1v) is 12.2. The first kappa shape index (κ1) is 24.4. The number of aromatic nitrogens is 1. The Hall–Kier alpha value is -3.72. The molecule has 182 valence electrons. The van der Waals surface area contributed by atoms with Crippen molar-refractivity contribution in [1.29, 1.82) is 0 Å². The van der Waals surface area contributed by atoms with Gasteiger partial charge in [-0.25, -0.2) is 14.6 Å². The number of carbonyl (C=O) groups excluding carboxylic acids is 2. The number of ether oxygens (including phenoxy) is 1. The Morgan fingerprint density at radius 3 is 2.17 bits per heavy atom. The number of alkyl carbamates (subject to hydrolysis) is 1. The molecule has 3 atom stereocenters. The minimum absolute atomic E-state index is 0.0426. The number of hydrogen-bond donors (Lipinski definition) is 3. The van der Waals surface area contributed by atoms with E-state index in [2.05, 4.69) is 39.9 Å². The van der Waals surface area contributed by atoms with Crippen molar-refractivity contribution in [2.45, 2.75) is 38.8 Å². The SMILES string of the molecule is CC(NC(=O)C(C)C(C)NC(=O)OCC1c2ccccc2-c2ccccc21)c1nc(C(=O)O)cs1. The van der Waals surface area contributed by atoms with Gasteiger partial charge in [-0.2, -0.15) is 0 Å². The van der Waals surface area contributed by atoms with Crippen molar-refractivity contribution < 1.29 is 24.2 Å². The molecule has 0 fully saturated rings. The molecule has 1 aromatic heterocycles. The van der Waals surface area contributed by atoms with Crippen molar-refractivity contribution in [2.75, 3.05) is 6.61 Å². The molecule has 0 saturated heterocycles. The standard InChI is InChI=1S/C26H27N3O5S/c1-14(23(30)27-16(3)24-29-22(13-35-24)25(31)32)15(2)28-26(33)34-12-21-19-10-6-4-8-17(19)18-9-5-7-11-20(18)21/h4-11,13-16,21H,12H2,1-3H3,(H,27,30)(H,28,33)(H,31,32). The van der Waals surface area contributed by atoms with E-state index < -0.39 is 30.1 Å². The van der Waals surface area contributed by atoms with Crippen molar-refractivity contribution in [2.24, 2.45) is 5.92 Å². The summed E-state index contributed by atoms with van der Waals surface area (Å²) >= 11 is 1.17. The van der Waals surface area contributed by atoms with Gasteiger partial charge in [-0.05, 0) is 36.1 Å². The molecule has 3 aromatic rings. The Labute approximate surface area is 207 Å². The zero-order valence-electron chi connectivity index (χ0n) is 19.6. The molecule has 0 aliphatic heterocycles. The summed E-state index contributed by atoms with van der Waals surface area (Å²) in [5.74, 6) is -1.98. The fourth-order valence-corrected chi connectivity index (χ4v) is 4.97. The number of fused-ring (bicyclic) bond motifs is 3. The molecule has 35 heavy (non-hydrogen) atoms. The van der Waals surface area contributed by atoms with E-state index in [-0.39, 0.29) is 24.1 Å². The van der Waals surface area contributed by atoms with Crippen molar-refractivity contribution >= 4 is 29.3 Å². The smallest absolute Gasteiger partial charge is 0.407 e. The van der Waals surface area contributed by atoms with Gasteiger partial charge in [0.15, 0.2) is 5.69 Å². The summed E-state index contributed by atoms with van der Waals surface area (Å²) in [5, 5.41) is 16.5. The Bertz CT molecular complexity index is 1210. The Morgan fingerprint density at radius 1 is 1.00 bits per heavy atom. The number of amides is 2. The zero-order chi connectivity index (χ0) is 25.1. The number of benzene rings is 2. The Kier molecular flexibility index (Phi) is 7.16. The van der Waals surface area contributed by atoms with Crippen molar-refractivity contribution in [3.8, 4) is 11.1 Å². The quantitative estimate of drug-likeness (QED) is 0.423. The lowest BCUT2D eigenvalue weighted by molar-refractivity contribution is -0.125. The second kappa shape index (κ2) is 10.3. The molecule has 0 spiro atoms. The third kappa shape index (κ3) is 5.19. The van der Waals surface area contributed by atoms with Crippen LogP contribution in [0.15, 0.2) is 53.9 Å². The van der Waals surface area contributed by atoms with Crippen LogP contribution in [0.1, 0.15) is 59.4 Å². The highest BCUT2D eigenvalue weighted by Crippen LogP contribution is 2.44. The summed E-state index contributed by atoms with van der Waals surface area (Å²) in [5.41, 5.74) is 4.51. The maximum absolute atomic E-state index is 12.7. The van der Waals surface area contributed by atoms with Gasteiger partial charge < -0.3 is 20.5 Å². The number of rotatable bonds is 8. The third-order valence-electron chi connectivity index (χ3n) is 6.32. The highest BCUT2D eigenvalue weighted by molar-refractivity contribution is 7.09. The van der Waals surface area contributed by atoms with Crippen LogP contribution in [-0.4, -0.2) is 40.7 Å². The van der Waals surface area contributed by atoms with Gasteiger partial charge >= 0.3 is 12.1 Å². The molecular weight excluding hydrogens is 466 g/mol. The second-order valence-electron chi connectivity index (χ2n) is 8.65. The fraction of sp³-hybridized carbons (Fsp3) is 0.308. The summed E-state index contributed by atoms with van der Waals surface area (Å²) in [6, 6.07) is 15.3. The first-order chi connectivity index (χ1) is 16.8. The van der Waals surface area contributed by atoms with E-state index in [1.165, 1.54) is 16.7 Å². The minimum Gasteiger partial charge on any atom is -0.476 e.